The lowest BCUT2D eigenvalue weighted by atomic mass is 10.2. The second-order valence-electron chi connectivity index (χ2n) is 5.57. The molecular formula is C16H16F2N6O2S. The Bertz CT molecular complexity index is 1020. The van der Waals surface area contributed by atoms with Gasteiger partial charge in [0.15, 0.2) is 28.3 Å². The van der Waals surface area contributed by atoms with Gasteiger partial charge in [-0.3, -0.25) is 4.79 Å². The number of benzene rings is 1. The topological polar surface area (TPSA) is 130 Å². The molecule has 27 heavy (non-hydrogen) atoms. The van der Waals surface area contributed by atoms with Gasteiger partial charge in [-0.2, -0.15) is 0 Å². The molecule has 1 atom stereocenters. The summed E-state index contributed by atoms with van der Waals surface area (Å²) >= 11 is 1.07. The zero-order valence-corrected chi connectivity index (χ0v) is 14.8. The van der Waals surface area contributed by atoms with Crippen LogP contribution in [0.5, 0.6) is 0 Å². The zero-order valence-electron chi connectivity index (χ0n) is 13.9. The van der Waals surface area contributed by atoms with Crippen molar-refractivity contribution >= 4 is 28.7 Å². The average Bonchev–Trinajstić information content (AvgIpc) is 2.66. The molecule has 3 rings (SSSR count). The maximum Gasteiger partial charge on any atom is 0.268 e. The Kier molecular flexibility index (Phi) is 5.94. The molecule has 2 heterocycles. The fraction of sp³-hybridized carbons (Fsp3) is 0.250. The van der Waals surface area contributed by atoms with Crippen LogP contribution in [-0.2, 0) is 5.75 Å². The number of nitrogens with zero attached hydrogens (tertiary/aromatic N) is 3. The maximum atomic E-state index is 13.8. The largest absolute Gasteiger partial charge is 0.390 e. The number of fused-ring (bicyclic) bond motifs is 1. The van der Waals surface area contributed by atoms with Crippen molar-refractivity contribution in [3.05, 3.63) is 51.9 Å². The van der Waals surface area contributed by atoms with Gasteiger partial charge >= 0.3 is 0 Å². The van der Waals surface area contributed by atoms with Crippen molar-refractivity contribution in [1.82, 2.24) is 19.9 Å². The highest BCUT2D eigenvalue weighted by atomic mass is 32.2. The van der Waals surface area contributed by atoms with E-state index in [9.17, 15) is 18.7 Å². The van der Waals surface area contributed by atoms with Crippen LogP contribution in [0, 0.1) is 11.6 Å². The van der Waals surface area contributed by atoms with Gasteiger partial charge in [-0.05, 0) is 6.07 Å². The maximum absolute atomic E-state index is 13.8. The Balaban J connectivity index is 1.90. The fourth-order valence-corrected chi connectivity index (χ4v) is 3.02. The van der Waals surface area contributed by atoms with Gasteiger partial charge in [0.25, 0.3) is 5.56 Å². The lowest BCUT2D eigenvalue weighted by Gasteiger charge is -2.12. The summed E-state index contributed by atoms with van der Waals surface area (Å²) in [7, 11) is 0. The number of aliphatic hydroxyl groups excluding tert-OH is 1. The molecule has 0 fully saturated rings. The third kappa shape index (κ3) is 4.56. The van der Waals surface area contributed by atoms with Crippen LogP contribution in [0.2, 0.25) is 0 Å². The number of nitrogens with one attached hydrogen (secondary N) is 2. The van der Waals surface area contributed by atoms with Gasteiger partial charge in [0, 0.05) is 24.4 Å². The number of thioether (sulfide) groups is 1. The number of rotatable bonds is 7. The summed E-state index contributed by atoms with van der Waals surface area (Å²) in [6, 6.07) is 3.92. The van der Waals surface area contributed by atoms with Gasteiger partial charge in [0.05, 0.1) is 12.3 Å². The van der Waals surface area contributed by atoms with E-state index in [0.717, 1.165) is 24.0 Å². The predicted molar refractivity (Wildman–Crippen MR) is 97.4 cm³/mol. The summed E-state index contributed by atoms with van der Waals surface area (Å²) in [5.74, 6) is -1.49. The van der Waals surface area contributed by atoms with Gasteiger partial charge in [0.2, 0.25) is 0 Å². The van der Waals surface area contributed by atoms with Crippen LogP contribution in [0.4, 0.5) is 14.6 Å². The van der Waals surface area contributed by atoms with Crippen LogP contribution in [-0.4, -0.2) is 44.2 Å². The van der Waals surface area contributed by atoms with Gasteiger partial charge < -0.3 is 21.1 Å². The molecule has 142 valence electrons. The summed E-state index contributed by atoms with van der Waals surface area (Å²) in [6.07, 6.45) is 0.292. The summed E-state index contributed by atoms with van der Waals surface area (Å²) in [6.45, 7) is 0.173. The first-order valence-corrected chi connectivity index (χ1v) is 8.91. The van der Waals surface area contributed by atoms with Crippen molar-refractivity contribution in [3.8, 4) is 0 Å². The van der Waals surface area contributed by atoms with Crippen molar-refractivity contribution in [2.45, 2.75) is 17.0 Å². The smallest absolute Gasteiger partial charge is 0.268 e. The predicted octanol–water partition coefficient (Wildman–Crippen LogP) is 1.02. The fourth-order valence-electron chi connectivity index (χ4n) is 2.20. The van der Waals surface area contributed by atoms with Gasteiger partial charge in [-0.1, -0.05) is 23.9 Å². The number of aromatic nitrogens is 4. The van der Waals surface area contributed by atoms with E-state index in [-0.39, 0.29) is 41.0 Å². The van der Waals surface area contributed by atoms with Crippen LogP contribution in [0.15, 0.2) is 34.3 Å². The molecule has 11 heteroatoms. The molecule has 5 N–H and O–H groups in total. The van der Waals surface area contributed by atoms with Gasteiger partial charge in [-0.25, -0.2) is 23.7 Å². The van der Waals surface area contributed by atoms with Gasteiger partial charge in [0.1, 0.15) is 5.52 Å². The first kappa shape index (κ1) is 19.1. The molecule has 0 bridgehead atoms. The van der Waals surface area contributed by atoms with Gasteiger partial charge in [-0.15, -0.1) is 0 Å². The van der Waals surface area contributed by atoms with Crippen LogP contribution in [0.3, 0.4) is 0 Å². The van der Waals surface area contributed by atoms with Crippen LogP contribution < -0.4 is 16.6 Å². The standard InChI is InChI=1S/C16H16F2N6O2S/c17-10-3-1-2-8(12(10)18)7-27-16-23-14(21-5-9(25)4-19)13-15(24-16)22-11(26)6-20-13/h1-3,6,9,25H,4-5,7,19H2,(H2,21,22,23,24,26). The third-order valence-corrected chi connectivity index (χ3v) is 4.48. The lowest BCUT2D eigenvalue weighted by Crippen LogP contribution is -2.28. The summed E-state index contributed by atoms with van der Waals surface area (Å²) < 4.78 is 27.1. The first-order valence-electron chi connectivity index (χ1n) is 7.92. The molecule has 1 unspecified atom stereocenters. The van der Waals surface area contributed by atoms with E-state index in [2.05, 4.69) is 25.3 Å². The third-order valence-electron chi connectivity index (χ3n) is 3.58. The second kappa shape index (κ2) is 8.37. The molecule has 8 nitrogen and oxygen atoms in total. The van der Waals surface area contributed by atoms with Crippen molar-refractivity contribution in [1.29, 1.82) is 0 Å². The molecule has 0 amide bonds. The number of H-pyrrole nitrogens is 1. The van der Waals surface area contributed by atoms with Crippen LogP contribution in [0.25, 0.3) is 11.2 Å². The van der Waals surface area contributed by atoms with E-state index >= 15 is 0 Å². The number of aromatic amines is 1. The summed E-state index contributed by atoms with van der Waals surface area (Å²) in [4.78, 5) is 26.6. The van der Waals surface area contributed by atoms with E-state index in [1.54, 1.807) is 0 Å². The number of aliphatic hydroxyl groups is 1. The minimum atomic E-state index is -0.931. The minimum Gasteiger partial charge on any atom is -0.390 e. The molecule has 0 aliphatic carbocycles. The molecule has 0 spiro atoms. The lowest BCUT2D eigenvalue weighted by molar-refractivity contribution is 0.196. The molecule has 0 aliphatic rings. The highest BCUT2D eigenvalue weighted by Crippen LogP contribution is 2.25. The molecule has 2 aromatic heterocycles. The quantitative estimate of drug-likeness (QED) is 0.345. The molecule has 3 aromatic rings. The molecule has 1 aromatic carbocycles. The van der Waals surface area contributed by atoms with E-state index in [0.29, 0.717) is 5.52 Å². The SMILES string of the molecule is NCC(O)CNc1nc(SCc2cccc(F)c2F)nc2[nH]c(=O)cnc12. The van der Waals surface area contributed by atoms with Crippen molar-refractivity contribution in [2.75, 3.05) is 18.4 Å². The molecular weight excluding hydrogens is 378 g/mol. The Morgan fingerprint density at radius 2 is 2.15 bits per heavy atom. The van der Waals surface area contributed by atoms with E-state index in [1.807, 2.05) is 0 Å². The minimum absolute atomic E-state index is 0.0563. The summed E-state index contributed by atoms with van der Waals surface area (Å²) in [5, 5.41) is 12.7. The van der Waals surface area contributed by atoms with Crippen molar-refractivity contribution in [2.24, 2.45) is 5.73 Å². The number of hydrogen-bond donors (Lipinski definition) is 4. The van der Waals surface area contributed by atoms with E-state index < -0.39 is 23.3 Å². The number of halogens is 2. The number of anilines is 1. The Morgan fingerprint density at radius 3 is 2.93 bits per heavy atom. The summed E-state index contributed by atoms with van der Waals surface area (Å²) in [5.41, 5.74) is 5.59. The average molecular weight is 394 g/mol. The molecule has 0 aliphatic heterocycles. The Hall–Kier alpha value is -2.63. The van der Waals surface area contributed by atoms with E-state index in [1.165, 1.54) is 12.1 Å². The number of nitrogens with two attached hydrogens (primary N) is 1. The first-order chi connectivity index (χ1) is 13.0. The molecule has 0 saturated heterocycles. The molecule has 0 saturated carbocycles. The number of hydrogen-bond acceptors (Lipinski definition) is 8. The normalized spacial score (nSPS) is 12.3. The highest BCUT2D eigenvalue weighted by molar-refractivity contribution is 7.98. The van der Waals surface area contributed by atoms with Crippen molar-refractivity contribution < 1.29 is 13.9 Å². The van der Waals surface area contributed by atoms with Crippen molar-refractivity contribution in [3.63, 3.8) is 0 Å². The van der Waals surface area contributed by atoms with E-state index in [4.69, 9.17) is 5.73 Å². The second-order valence-corrected chi connectivity index (χ2v) is 6.51. The Labute approximate surface area is 156 Å². The molecule has 0 radical (unpaired) electrons. The highest BCUT2D eigenvalue weighted by Gasteiger charge is 2.14. The Morgan fingerprint density at radius 1 is 1.33 bits per heavy atom. The van der Waals surface area contributed by atoms with Crippen LogP contribution in [0.1, 0.15) is 5.56 Å². The zero-order chi connectivity index (χ0) is 19.4. The van der Waals surface area contributed by atoms with Crippen LogP contribution >= 0.6 is 11.8 Å². The monoisotopic (exact) mass is 394 g/mol.